The molecule has 0 aromatic heterocycles. The van der Waals surface area contributed by atoms with Gasteiger partial charge in [0.15, 0.2) is 0 Å². The molecule has 0 aliphatic heterocycles. The molecule has 3 N–H and O–H groups in total. The number of carbonyl (C=O) groups is 1. The lowest BCUT2D eigenvalue weighted by molar-refractivity contribution is 0.0999. The molecule has 1 amide bonds. The number of primary amides is 1. The van der Waals surface area contributed by atoms with Gasteiger partial charge >= 0.3 is 0 Å². The zero-order valence-electron chi connectivity index (χ0n) is 11.3. The van der Waals surface area contributed by atoms with Crippen LogP contribution in [-0.4, -0.2) is 11.0 Å². The van der Waals surface area contributed by atoms with Crippen molar-refractivity contribution >= 4 is 38.2 Å². The van der Waals surface area contributed by atoms with Gasteiger partial charge in [0.25, 0.3) is 0 Å². The molecule has 4 aromatic carbocycles. The maximum Gasteiger partial charge on any atom is 0.249 e. The Morgan fingerprint density at radius 3 is 2.29 bits per heavy atom. The third-order valence-electron chi connectivity index (χ3n) is 4.15. The fourth-order valence-electron chi connectivity index (χ4n) is 3.29. The molecule has 0 bridgehead atoms. The van der Waals surface area contributed by atoms with E-state index in [1.165, 1.54) is 0 Å². The van der Waals surface area contributed by atoms with Crippen LogP contribution in [-0.2, 0) is 6.61 Å². The van der Waals surface area contributed by atoms with Crippen molar-refractivity contribution in [1.82, 2.24) is 0 Å². The molecular weight excluding hydrogens is 262 g/mol. The number of rotatable bonds is 2. The molecule has 0 aliphatic carbocycles. The van der Waals surface area contributed by atoms with Gasteiger partial charge in [0.2, 0.25) is 5.91 Å². The number of carbonyl (C=O) groups excluding carboxylic acids is 1. The maximum absolute atomic E-state index is 11.8. The van der Waals surface area contributed by atoms with Crippen molar-refractivity contribution in [3.63, 3.8) is 0 Å². The largest absolute Gasteiger partial charge is 0.392 e. The van der Waals surface area contributed by atoms with Gasteiger partial charge < -0.3 is 10.8 Å². The summed E-state index contributed by atoms with van der Waals surface area (Å²) in [5, 5.41) is 15.8. The number of hydrogen-bond donors (Lipinski definition) is 2. The summed E-state index contributed by atoms with van der Waals surface area (Å²) in [4.78, 5) is 11.8. The molecule has 21 heavy (non-hydrogen) atoms. The lowest BCUT2D eigenvalue weighted by Crippen LogP contribution is -2.14. The monoisotopic (exact) mass is 275 g/mol. The molecule has 0 saturated carbocycles. The Labute approximate surface area is 120 Å². The molecule has 3 nitrogen and oxygen atoms in total. The number of amides is 1. The fourth-order valence-corrected chi connectivity index (χ4v) is 3.29. The van der Waals surface area contributed by atoms with Crippen LogP contribution in [0.3, 0.4) is 0 Å². The van der Waals surface area contributed by atoms with Gasteiger partial charge in [-0.05, 0) is 43.9 Å². The van der Waals surface area contributed by atoms with Crippen molar-refractivity contribution < 1.29 is 9.90 Å². The van der Waals surface area contributed by atoms with Crippen molar-refractivity contribution in [2.45, 2.75) is 6.61 Å². The molecule has 0 saturated heterocycles. The second-order valence-corrected chi connectivity index (χ2v) is 5.29. The smallest absolute Gasteiger partial charge is 0.249 e. The van der Waals surface area contributed by atoms with E-state index in [2.05, 4.69) is 18.2 Å². The molecule has 4 aromatic rings. The van der Waals surface area contributed by atoms with Gasteiger partial charge in [-0.15, -0.1) is 0 Å². The minimum absolute atomic E-state index is 0.200. The zero-order valence-corrected chi connectivity index (χ0v) is 11.3. The van der Waals surface area contributed by atoms with Crippen LogP contribution in [0.5, 0.6) is 0 Å². The Hall–Kier alpha value is -2.65. The summed E-state index contributed by atoms with van der Waals surface area (Å²) in [5.74, 6) is -0.503. The lowest BCUT2D eigenvalue weighted by atomic mass is 9.89. The Kier molecular flexibility index (Phi) is 2.41. The van der Waals surface area contributed by atoms with Gasteiger partial charge in [-0.25, -0.2) is 0 Å². The normalized spacial score (nSPS) is 11.7. The minimum Gasteiger partial charge on any atom is -0.392 e. The Bertz CT molecular complexity index is 989. The van der Waals surface area contributed by atoms with E-state index in [1.54, 1.807) is 0 Å². The number of benzene rings is 4. The highest BCUT2D eigenvalue weighted by atomic mass is 16.3. The predicted molar refractivity (Wildman–Crippen MR) is 84.6 cm³/mol. The predicted octanol–water partition coefficient (Wildman–Crippen LogP) is 3.18. The standard InChI is InChI=1S/C18H13NO2/c19-18(21)17-13(9-20)8-12-5-4-10-2-1-3-11-6-7-14(17)16(12)15(10)11/h1-8,20H,9H2,(H2,19,21). The molecule has 0 radical (unpaired) electrons. The van der Waals surface area contributed by atoms with Crippen molar-refractivity contribution in [1.29, 1.82) is 0 Å². The molecule has 0 spiro atoms. The number of hydrogen-bond acceptors (Lipinski definition) is 2. The number of aliphatic hydroxyl groups excluding tert-OH is 1. The summed E-state index contributed by atoms with van der Waals surface area (Å²) in [6, 6.07) is 16.0. The first kappa shape index (κ1) is 12.1. The van der Waals surface area contributed by atoms with Crippen LogP contribution in [0.4, 0.5) is 0 Å². The number of aliphatic hydroxyl groups is 1. The van der Waals surface area contributed by atoms with E-state index in [1.807, 2.05) is 30.3 Å². The van der Waals surface area contributed by atoms with Gasteiger partial charge in [-0.1, -0.05) is 42.5 Å². The van der Waals surface area contributed by atoms with Crippen LogP contribution in [0.1, 0.15) is 15.9 Å². The van der Waals surface area contributed by atoms with Crippen LogP contribution in [0.15, 0.2) is 48.5 Å². The third kappa shape index (κ3) is 1.55. The first-order chi connectivity index (χ1) is 10.2. The van der Waals surface area contributed by atoms with E-state index in [-0.39, 0.29) is 6.61 Å². The van der Waals surface area contributed by atoms with Gasteiger partial charge in [-0.2, -0.15) is 0 Å². The van der Waals surface area contributed by atoms with Gasteiger partial charge in [-0.3, -0.25) is 4.79 Å². The van der Waals surface area contributed by atoms with E-state index in [4.69, 9.17) is 5.73 Å². The van der Waals surface area contributed by atoms with Crippen molar-refractivity contribution in [3.8, 4) is 0 Å². The van der Waals surface area contributed by atoms with Gasteiger partial charge in [0.1, 0.15) is 0 Å². The van der Waals surface area contributed by atoms with E-state index in [0.717, 1.165) is 32.3 Å². The molecule has 3 heteroatoms. The molecule has 0 unspecified atom stereocenters. The molecule has 102 valence electrons. The van der Waals surface area contributed by atoms with Gasteiger partial charge in [0.05, 0.1) is 12.2 Å². The van der Waals surface area contributed by atoms with E-state index < -0.39 is 5.91 Å². The summed E-state index contributed by atoms with van der Waals surface area (Å²) in [6.07, 6.45) is 0. The van der Waals surface area contributed by atoms with E-state index in [0.29, 0.717) is 11.1 Å². The highest BCUT2D eigenvalue weighted by Crippen LogP contribution is 2.37. The summed E-state index contributed by atoms with van der Waals surface area (Å²) >= 11 is 0. The molecule has 0 aliphatic rings. The lowest BCUT2D eigenvalue weighted by Gasteiger charge is -2.15. The van der Waals surface area contributed by atoms with Crippen LogP contribution in [0.25, 0.3) is 32.3 Å². The Morgan fingerprint density at radius 1 is 0.952 bits per heavy atom. The second kappa shape index (κ2) is 4.17. The van der Waals surface area contributed by atoms with Crippen molar-refractivity contribution in [2.75, 3.05) is 0 Å². The average molecular weight is 275 g/mol. The second-order valence-electron chi connectivity index (χ2n) is 5.29. The molecule has 4 rings (SSSR count). The molecule has 0 atom stereocenters. The number of nitrogens with two attached hydrogens (primary N) is 1. The summed E-state index contributed by atoms with van der Waals surface area (Å²) in [6.45, 7) is -0.200. The van der Waals surface area contributed by atoms with Crippen LogP contribution in [0.2, 0.25) is 0 Å². The summed E-state index contributed by atoms with van der Waals surface area (Å²) in [5.41, 5.74) is 6.54. The summed E-state index contributed by atoms with van der Waals surface area (Å²) < 4.78 is 0. The first-order valence-corrected chi connectivity index (χ1v) is 6.81. The SMILES string of the molecule is NC(=O)c1c(CO)cc2ccc3cccc4ccc1c2c34. The highest BCUT2D eigenvalue weighted by Gasteiger charge is 2.17. The molecular formula is C18H13NO2. The quantitative estimate of drug-likeness (QED) is 0.552. The van der Waals surface area contributed by atoms with Gasteiger partial charge in [0, 0.05) is 0 Å². The van der Waals surface area contributed by atoms with Crippen molar-refractivity contribution in [2.24, 2.45) is 5.73 Å². The molecule has 0 fully saturated rings. The third-order valence-corrected chi connectivity index (χ3v) is 4.15. The Morgan fingerprint density at radius 2 is 1.62 bits per heavy atom. The minimum atomic E-state index is -0.503. The Balaban J connectivity index is 2.35. The van der Waals surface area contributed by atoms with Crippen LogP contribution >= 0.6 is 0 Å². The fraction of sp³-hybridized carbons (Fsp3) is 0.0556. The highest BCUT2D eigenvalue weighted by molar-refractivity contribution is 6.26. The first-order valence-electron chi connectivity index (χ1n) is 6.81. The zero-order chi connectivity index (χ0) is 14.6. The average Bonchev–Trinajstić information content (AvgIpc) is 2.51. The molecule has 0 heterocycles. The van der Waals surface area contributed by atoms with Crippen LogP contribution < -0.4 is 5.73 Å². The topological polar surface area (TPSA) is 63.3 Å². The van der Waals surface area contributed by atoms with E-state index >= 15 is 0 Å². The summed E-state index contributed by atoms with van der Waals surface area (Å²) in [7, 11) is 0. The van der Waals surface area contributed by atoms with E-state index in [9.17, 15) is 9.90 Å². The maximum atomic E-state index is 11.8. The van der Waals surface area contributed by atoms with Crippen molar-refractivity contribution in [3.05, 3.63) is 59.7 Å². The van der Waals surface area contributed by atoms with Crippen LogP contribution in [0, 0.1) is 0 Å².